The first-order valence-corrected chi connectivity index (χ1v) is 13.8. The summed E-state index contributed by atoms with van der Waals surface area (Å²) in [5.41, 5.74) is 0.903. The number of nitrogens with zero attached hydrogens (tertiary/aromatic N) is 1. The Morgan fingerprint density at radius 3 is 2.29 bits per heavy atom. The van der Waals surface area contributed by atoms with Crippen molar-refractivity contribution in [3.63, 3.8) is 0 Å². The van der Waals surface area contributed by atoms with E-state index in [0.717, 1.165) is 23.9 Å². The summed E-state index contributed by atoms with van der Waals surface area (Å²) in [5.74, 6) is -5.20. The van der Waals surface area contributed by atoms with Crippen LogP contribution in [0.5, 0.6) is 0 Å². The molecule has 1 saturated carbocycles. The van der Waals surface area contributed by atoms with Gasteiger partial charge in [-0.15, -0.1) is 0 Å². The zero-order valence-electron chi connectivity index (χ0n) is 21.4. The van der Waals surface area contributed by atoms with E-state index in [9.17, 15) is 42.5 Å². The number of rotatable bonds is 2. The molecule has 2 saturated heterocycles. The van der Waals surface area contributed by atoms with E-state index in [1.54, 1.807) is 4.90 Å². The maximum atomic E-state index is 14.2. The highest BCUT2D eigenvalue weighted by atomic mass is 32.2. The number of piperidine rings is 1. The summed E-state index contributed by atoms with van der Waals surface area (Å²) in [7, 11) is 0. The Labute approximate surface area is 235 Å². The van der Waals surface area contributed by atoms with E-state index >= 15 is 0 Å². The van der Waals surface area contributed by atoms with Crippen LogP contribution in [0.25, 0.3) is 5.57 Å². The highest BCUT2D eigenvalue weighted by molar-refractivity contribution is 7.99. The number of hydrogen-bond acceptors (Lipinski definition) is 9. The van der Waals surface area contributed by atoms with Gasteiger partial charge in [0, 0.05) is 22.9 Å². The lowest BCUT2D eigenvalue weighted by Crippen LogP contribution is -2.56. The van der Waals surface area contributed by atoms with E-state index in [2.05, 4.69) is 0 Å². The molecule has 41 heavy (non-hydrogen) atoms. The summed E-state index contributed by atoms with van der Waals surface area (Å²) >= 11 is 1.14. The second-order valence-electron chi connectivity index (χ2n) is 10.8. The van der Waals surface area contributed by atoms with Crippen molar-refractivity contribution in [3.05, 3.63) is 64.5 Å². The number of alkyl halides is 3. The van der Waals surface area contributed by atoms with Gasteiger partial charge in [-0.3, -0.25) is 0 Å². The topological polar surface area (TPSA) is 117 Å². The summed E-state index contributed by atoms with van der Waals surface area (Å²) in [4.78, 5) is 27.2. The van der Waals surface area contributed by atoms with Crippen molar-refractivity contribution in [2.75, 3.05) is 13.1 Å². The third-order valence-electron chi connectivity index (χ3n) is 8.05. The van der Waals surface area contributed by atoms with Crippen LogP contribution in [-0.2, 0) is 25.2 Å². The summed E-state index contributed by atoms with van der Waals surface area (Å²) in [5, 5.41) is 30.3. The van der Waals surface area contributed by atoms with Gasteiger partial charge in [0.25, 0.3) is 0 Å². The molecule has 0 amide bonds. The Bertz CT molecular complexity index is 1430. The van der Waals surface area contributed by atoms with Crippen LogP contribution in [0, 0.1) is 11.7 Å². The predicted molar refractivity (Wildman–Crippen MR) is 134 cm³/mol. The van der Waals surface area contributed by atoms with Crippen molar-refractivity contribution in [1.82, 2.24) is 4.90 Å². The molecule has 2 unspecified atom stereocenters. The van der Waals surface area contributed by atoms with E-state index < -0.39 is 53.7 Å². The second kappa shape index (κ2) is 10.1. The second-order valence-corrected chi connectivity index (χ2v) is 11.8. The Morgan fingerprint density at radius 2 is 1.63 bits per heavy atom. The Balaban J connectivity index is 1.43. The minimum Gasteiger partial charge on any atom is -0.399 e. The largest absolute Gasteiger partial charge is 0.421 e. The van der Waals surface area contributed by atoms with Crippen LogP contribution in [-0.4, -0.2) is 69.5 Å². The zero-order valence-corrected chi connectivity index (χ0v) is 22.2. The molecule has 0 bridgehead atoms. The molecule has 2 aromatic rings. The molecule has 3 heterocycles. The molecule has 3 aliphatic heterocycles. The lowest BCUT2D eigenvalue weighted by Gasteiger charge is -2.45. The number of likely N-dealkylation sites (tertiary alicyclic amines) is 1. The summed E-state index contributed by atoms with van der Waals surface area (Å²) in [6.45, 7) is 0.291. The van der Waals surface area contributed by atoms with Gasteiger partial charge in [-0.2, -0.15) is 13.2 Å². The van der Waals surface area contributed by atoms with Crippen LogP contribution in [0.4, 0.5) is 17.6 Å². The molecule has 218 valence electrons. The van der Waals surface area contributed by atoms with Crippen molar-refractivity contribution in [3.8, 4) is 0 Å². The molecule has 1 aliphatic carbocycles. The molecule has 8 nitrogen and oxygen atoms in total. The molecule has 13 heteroatoms. The molecule has 0 radical (unpaired) electrons. The minimum atomic E-state index is -4.61. The van der Waals surface area contributed by atoms with Gasteiger partial charge in [-0.05, 0) is 72.2 Å². The Morgan fingerprint density at radius 1 is 0.951 bits per heavy atom. The van der Waals surface area contributed by atoms with Gasteiger partial charge in [-0.25, -0.2) is 18.9 Å². The van der Waals surface area contributed by atoms with Gasteiger partial charge in [-0.1, -0.05) is 23.4 Å². The van der Waals surface area contributed by atoms with Gasteiger partial charge in [0.1, 0.15) is 11.9 Å². The number of aliphatic hydroxyl groups is 3. The predicted octanol–water partition coefficient (Wildman–Crippen LogP) is 3.45. The van der Waals surface area contributed by atoms with Gasteiger partial charge >= 0.3 is 24.0 Å². The molecule has 3 fully saturated rings. The maximum Gasteiger partial charge on any atom is 0.421 e. The van der Waals surface area contributed by atoms with Crippen LogP contribution >= 0.6 is 11.8 Å². The van der Waals surface area contributed by atoms with E-state index in [0.29, 0.717) is 26.5 Å². The van der Waals surface area contributed by atoms with Crippen LogP contribution in [0.2, 0.25) is 0 Å². The zero-order chi connectivity index (χ0) is 29.3. The average Bonchev–Trinajstić information content (AvgIpc) is 3.18. The SMILES string of the molecule is O=C1OC2(C/C(=C3/c4ccc(F)cc4Sc4ccc(C(F)(F)F)cc43)CCN2CC2CC(O)C(O)C(O)C2)OC1=O. The van der Waals surface area contributed by atoms with Crippen molar-refractivity contribution in [1.29, 1.82) is 0 Å². The number of benzene rings is 2. The van der Waals surface area contributed by atoms with Crippen LogP contribution < -0.4 is 0 Å². The highest BCUT2D eigenvalue weighted by Crippen LogP contribution is 2.51. The molecule has 0 aromatic heterocycles. The molecule has 2 atom stereocenters. The van der Waals surface area contributed by atoms with Gasteiger partial charge in [0.15, 0.2) is 0 Å². The molecule has 6 rings (SSSR count). The maximum absolute atomic E-state index is 14.2. The first-order chi connectivity index (χ1) is 19.3. The van der Waals surface area contributed by atoms with Crippen molar-refractivity contribution >= 4 is 29.3 Å². The van der Waals surface area contributed by atoms with Gasteiger partial charge in [0.2, 0.25) is 0 Å². The summed E-state index contributed by atoms with van der Waals surface area (Å²) in [6.07, 6.45) is -7.87. The smallest absolute Gasteiger partial charge is 0.399 e. The first kappa shape index (κ1) is 28.2. The van der Waals surface area contributed by atoms with Gasteiger partial charge in [0.05, 0.1) is 24.2 Å². The fourth-order valence-electron chi connectivity index (χ4n) is 6.15. The van der Waals surface area contributed by atoms with Crippen LogP contribution in [0.3, 0.4) is 0 Å². The first-order valence-electron chi connectivity index (χ1n) is 13.0. The third-order valence-corrected chi connectivity index (χ3v) is 9.19. The number of carbonyl (C=O) groups is 2. The molecular weight excluding hydrogens is 570 g/mol. The highest BCUT2D eigenvalue weighted by Gasteiger charge is 2.56. The van der Waals surface area contributed by atoms with E-state index in [4.69, 9.17) is 9.47 Å². The van der Waals surface area contributed by atoms with E-state index in [-0.39, 0.29) is 50.3 Å². The molecule has 4 aliphatic rings. The fourth-order valence-corrected chi connectivity index (χ4v) is 7.24. The minimum absolute atomic E-state index is 0.135. The number of esters is 2. The van der Waals surface area contributed by atoms with Crippen LogP contribution in [0.15, 0.2) is 51.8 Å². The number of carbonyl (C=O) groups excluding carboxylic acids is 2. The fraction of sp³-hybridized carbons (Fsp3) is 0.429. The monoisotopic (exact) mass is 595 g/mol. The number of aliphatic hydroxyl groups excluding tert-OH is 3. The molecule has 2 aromatic carbocycles. The summed E-state index contributed by atoms with van der Waals surface area (Å²) < 4.78 is 66.3. The molecule has 1 spiro atoms. The average molecular weight is 596 g/mol. The number of ether oxygens (including phenoxy) is 2. The van der Waals surface area contributed by atoms with Gasteiger partial charge < -0.3 is 24.8 Å². The standard InChI is InChI=1S/C28H25F4NO7S/c29-16-2-3-17-22(10-16)41-21-4-1-15(28(30,31)32)9-18(21)23(17)14-5-6-33(27(11-14)39-25(37)26(38)40-27)12-13-7-19(34)24(36)20(35)8-13/h1-4,9-10,13,19-20,24,34-36H,5-8,11-12H2/b23-14-. The van der Waals surface area contributed by atoms with E-state index in [1.807, 2.05) is 0 Å². The summed E-state index contributed by atoms with van der Waals surface area (Å²) in [6, 6.07) is 7.35. The normalized spacial score (nSPS) is 29.6. The van der Waals surface area contributed by atoms with Crippen molar-refractivity contribution < 1.29 is 51.9 Å². The Kier molecular flexibility index (Phi) is 6.93. The third kappa shape index (κ3) is 5.03. The van der Waals surface area contributed by atoms with E-state index in [1.165, 1.54) is 24.3 Å². The Hall–Kier alpha value is -2.97. The molecular formula is C28H25F4NO7S. The lowest BCUT2D eigenvalue weighted by molar-refractivity contribution is -0.260. The van der Waals surface area contributed by atoms with Crippen molar-refractivity contribution in [2.45, 2.75) is 65.9 Å². The quantitative estimate of drug-likeness (QED) is 0.233. The lowest BCUT2D eigenvalue weighted by atomic mass is 9.82. The number of hydrogen-bond donors (Lipinski definition) is 3. The van der Waals surface area contributed by atoms with Crippen molar-refractivity contribution in [2.24, 2.45) is 5.92 Å². The number of fused-ring (bicyclic) bond motifs is 2. The number of halogens is 4. The van der Waals surface area contributed by atoms with Crippen LogP contribution in [0.1, 0.15) is 42.4 Å². The molecule has 3 N–H and O–H groups in total.